The van der Waals surface area contributed by atoms with E-state index in [1.165, 1.54) is 366 Å². The van der Waals surface area contributed by atoms with Crippen LogP contribution in [-0.4, -0.2) is 100 Å². The number of aliphatic hydroxyl groups is 5. The number of allylic oxidation sites excluding steroid dienone is 5. The predicted octanol–water partition coefficient (Wildman–Crippen LogP) is 24.0. The third-order valence-electron chi connectivity index (χ3n) is 20.7. The second kappa shape index (κ2) is 76.0. The summed E-state index contributed by atoms with van der Waals surface area (Å²) in [4.78, 5) is 25.2. The van der Waals surface area contributed by atoms with Gasteiger partial charge in [-0.05, 0) is 70.6 Å². The number of carbonyl (C=O) groups is 2. The van der Waals surface area contributed by atoms with Gasteiger partial charge in [-0.25, -0.2) is 0 Å². The van der Waals surface area contributed by atoms with E-state index in [2.05, 4.69) is 43.5 Å². The number of hydrogen-bond acceptors (Lipinski definition) is 10. The van der Waals surface area contributed by atoms with Crippen LogP contribution in [0, 0.1) is 0 Å². The van der Waals surface area contributed by atoms with Gasteiger partial charge < -0.3 is 45.1 Å². The van der Waals surface area contributed by atoms with Crippen molar-refractivity contribution in [1.29, 1.82) is 0 Å². The van der Waals surface area contributed by atoms with Crippen LogP contribution in [0.3, 0.4) is 0 Å². The summed E-state index contributed by atoms with van der Waals surface area (Å²) < 4.78 is 16.8. The van der Waals surface area contributed by atoms with Crippen molar-refractivity contribution < 1.29 is 49.3 Å². The number of esters is 1. The lowest BCUT2D eigenvalue weighted by atomic mass is 9.99. The standard InChI is InChI=1S/C87H165NO10/c1-3-5-7-9-11-13-15-17-18-19-41-45-48-51-55-59-63-67-71-75-83(92)96-76-72-68-64-60-56-52-49-46-43-40-38-36-34-32-30-28-26-24-22-20-21-23-25-27-29-31-33-35-37-39-42-44-47-50-54-58-62-66-70-74-82(91)88-79(78-97-87-86(95)85(94)84(93)81(77-89)98-87)80(90)73-69-65-61-57-53-16-14-12-10-8-6-4-2/h20-21,53,57,69,73,79-81,84-87,89-90,93-95H,3-19,22-52,54-56,58-68,70-72,74-78H2,1-2H3,(H,88,91)/b21-20-,57-53+,73-69+. The third kappa shape index (κ3) is 63.6. The van der Waals surface area contributed by atoms with Crippen LogP contribution in [0.5, 0.6) is 0 Å². The van der Waals surface area contributed by atoms with Crippen molar-refractivity contribution >= 4 is 11.9 Å². The molecule has 0 saturated carbocycles. The Labute approximate surface area is 606 Å². The van der Waals surface area contributed by atoms with Gasteiger partial charge in [-0.2, -0.15) is 0 Å². The van der Waals surface area contributed by atoms with Gasteiger partial charge >= 0.3 is 5.97 Å². The van der Waals surface area contributed by atoms with Gasteiger partial charge in [-0.15, -0.1) is 0 Å². The number of rotatable bonds is 78. The minimum atomic E-state index is -1.57. The maximum absolute atomic E-state index is 13.1. The smallest absolute Gasteiger partial charge is 0.305 e. The number of amides is 1. The van der Waals surface area contributed by atoms with E-state index < -0.39 is 49.5 Å². The van der Waals surface area contributed by atoms with Crippen LogP contribution < -0.4 is 5.32 Å². The molecule has 0 bridgehead atoms. The molecule has 578 valence electrons. The Morgan fingerprint density at radius 2 is 0.663 bits per heavy atom. The van der Waals surface area contributed by atoms with E-state index >= 15 is 0 Å². The molecule has 1 aliphatic rings. The van der Waals surface area contributed by atoms with E-state index in [1.807, 2.05) is 6.08 Å². The lowest BCUT2D eigenvalue weighted by molar-refractivity contribution is -0.302. The van der Waals surface area contributed by atoms with E-state index in [9.17, 15) is 35.1 Å². The van der Waals surface area contributed by atoms with E-state index in [0.717, 1.165) is 51.4 Å². The molecule has 7 atom stereocenters. The summed E-state index contributed by atoms with van der Waals surface area (Å²) in [6.07, 6.45) is 90.8. The fourth-order valence-electron chi connectivity index (χ4n) is 14.0. The molecule has 0 radical (unpaired) electrons. The van der Waals surface area contributed by atoms with Crippen LogP contribution in [-0.2, 0) is 23.8 Å². The van der Waals surface area contributed by atoms with Crippen molar-refractivity contribution in [2.24, 2.45) is 0 Å². The second-order valence-corrected chi connectivity index (χ2v) is 30.2. The predicted molar refractivity (Wildman–Crippen MR) is 417 cm³/mol. The molecule has 1 heterocycles. The van der Waals surface area contributed by atoms with Crippen LogP contribution >= 0.6 is 0 Å². The Bertz CT molecular complexity index is 1720. The van der Waals surface area contributed by atoms with Gasteiger partial charge in [0.2, 0.25) is 5.91 Å². The van der Waals surface area contributed by atoms with Crippen molar-refractivity contribution in [3.8, 4) is 0 Å². The number of nitrogens with one attached hydrogen (secondary N) is 1. The molecule has 0 aliphatic carbocycles. The molecule has 1 aliphatic heterocycles. The minimum absolute atomic E-state index is 0.0224. The number of carbonyl (C=O) groups excluding carboxylic acids is 2. The average Bonchev–Trinajstić information content (AvgIpc) is 0.824. The first-order valence-corrected chi connectivity index (χ1v) is 43.3. The zero-order valence-electron chi connectivity index (χ0n) is 64.8. The largest absolute Gasteiger partial charge is 0.466 e. The van der Waals surface area contributed by atoms with E-state index in [-0.39, 0.29) is 18.5 Å². The van der Waals surface area contributed by atoms with E-state index in [0.29, 0.717) is 19.4 Å². The van der Waals surface area contributed by atoms with Gasteiger partial charge in [0, 0.05) is 12.8 Å². The summed E-state index contributed by atoms with van der Waals surface area (Å²) in [5, 5.41) is 54.5. The average molecular weight is 1390 g/mol. The van der Waals surface area contributed by atoms with E-state index in [4.69, 9.17) is 14.2 Å². The summed E-state index contributed by atoms with van der Waals surface area (Å²) in [6, 6.07) is -0.824. The van der Waals surface area contributed by atoms with Crippen LogP contribution in [0.2, 0.25) is 0 Å². The van der Waals surface area contributed by atoms with Gasteiger partial charge in [0.15, 0.2) is 6.29 Å². The SMILES string of the molecule is CCCCCCCC/C=C/CC/C=C/C(O)C(COC1OC(CO)C(O)C(O)C1O)NC(=O)CCCCCCCCCCCCCCCCCCC/C=C\CCCCCCCCCCCCCCCCCCCCOC(=O)CCCCCCCCCCCCCCCCCCCCC. The maximum Gasteiger partial charge on any atom is 0.305 e. The fourth-order valence-corrected chi connectivity index (χ4v) is 14.0. The molecule has 11 heteroatoms. The topological polar surface area (TPSA) is 175 Å². The number of aliphatic hydroxyl groups excluding tert-OH is 5. The van der Waals surface area contributed by atoms with Crippen LogP contribution in [0.25, 0.3) is 0 Å². The lowest BCUT2D eigenvalue weighted by Crippen LogP contribution is -2.60. The van der Waals surface area contributed by atoms with Gasteiger partial charge in [0.1, 0.15) is 24.4 Å². The molecular formula is C87H165NO10. The first-order chi connectivity index (χ1) is 48.2. The summed E-state index contributed by atoms with van der Waals surface area (Å²) in [7, 11) is 0. The zero-order valence-corrected chi connectivity index (χ0v) is 64.8. The van der Waals surface area contributed by atoms with Gasteiger partial charge in [0.25, 0.3) is 0 Å². The summed E-state index contributed by atoms with van der Waals surface area (Å²) in [6.45, 7) is 4.38. The molecule has 7 unspecified atom stereocenters. The quantitative estimate of drug-likeness (QED) is 0.0195. The first kappa shape index (κ1) is 93.9. The highest BCUT2D eigenvalue weighted by molar-refractivity contribution is 5.76. The van der Waals surface area contributed by atoms with Crippen molar-refractivity contribution in [2.75, 3.05) is 19.8 Å². The Balaban J connectivity index is 1.85. The Hall–Kier alpha value is -2.12. The zero-order chi connectivity index (χ0) is 70.8. The van der Waals surface area contributed by atoms with Crippen LogP contribution in [0.15, 0.2) is 36.5 Å². The summed E-state index contributed by atoms with van der Waals surface area (Å²) >= 11 is 0. The summed E-state index contributed by atoms with van der Waals surface area (Å²) in [5.41, 5.74) is 0. The highest BCUT2D eigenvalue weighted by atomic mass is 16.7. The Morgan fingerprint density at radius 3 is 1.01 bits per heavy atom. The first-order valence-electron chi connectivity index (χ1n) is 43.3. The highest BCUT2D eigenvalue weighted by Gasteiger charge is 2.44. The van der Waals surface area contributed by atoms with Crippen LogP contribution in [0.4, 0.5) is 0 Å². The van der Waals surface area contributed by atoms with Gasteiger partial charge in [-0.1, -0.05) is 397 Å². The lowest BCUT2D eigenvalue weighted by Gasteiger charge is -2.40. The molecule has 0 aromatic rings. The normalized spacial score (nSPS) is 17.3. The number of hydrogen-bond donors (Lipinski definition) is 6. The highest BCUT2D eigenvalue weighted by Crippen LogP contribution is 2.24. The van der Waals surface area contributed by atoms with E-state index in [1.54, 1.807) is 6.08 Å². The Morgan fingerprint density at radius 1 is 0.367 bits per heavy atom. The van der Waals surface area contributed by atoms with Crippen molar-refractivity contribution in [3.63, 3.8) is 0 Å². The molecule has 6 N–H and O–H groups in total. The fraction of sp³-hybridized carbons (Fsp3) is 0.908. The summed E-state index contributed by atoms with van der Waals surface area (Å²) in [5.74, 6) is -0.163. The molecule has 11 nitrogen and oxygen atoms in total. The monoisotopic (exact) mass is 1380 g/mol. The van der Waals surface area contributed by atoms with Gasteiger partial charge in [0.05, 0.1) is 32.0 Å². The molecular weight excluding hydrogens is 1220 g/mol. The molecule has 1 saturated heterocycles. The molecule has 98 heavy (non-hydrogen) atoms. The van der Waals surface area contributed by atoms with Gasteiger partial charge in [-0.3, -0.25) is 9.59 Å². The second-order valence-electron chi connectivity index (χ2n) is 30.2. The van der Waals surface area contributed by atoms with Crippen LogP contribution in [0.1, 0.15) is 444 Å². The molecule has 1 rings (SSSR count). The molecule has 1 fully saturated rings. The van der Waals surface area contributed by atoms with Crippen molar-refractivity contribution in [3.05, 3.63) is 36.5 Å². The Kier molecular flexibility index (Phi) is 72.8. The molecule has 0 aromatic carbocycles. The molecule has 0 spiro atoms. The molecule has 0 aromatic heterocycles. The molecule has 1 amide bonds. The van der Waals surface area contributed by atoms with Crippen molar-refractivity contribution in [1.82, 2.24) is 5.32 Å². The number of ether oxygens (including phenoxy) is 3. The number of unbranched alkanes of at least 4 members (excludes halogenated alkanes) is 60. The maximum atomic E-state index is 13.1. The van der Waals surface area contributed by atoms with Crippen molar-refractivity contribution in [2.45, 2.75) is 487 Å². The third-order valence-corrected chi connectivity index (χ3v) is 20.7. The minimum Gasteiger partial charge on any atom is -0.466 e.